The number of piperazine rings is 1. The van der Waals surface area contributed by atoms with Crippen LogP contribution in [0.25, 0.3) is 0 Å². The molecule has 2 amide bonds. The summed E-state index contributed by atoms with van der Waals surface area (Å²) in [5, 5.41) is 0. The smallest absolute Gasteiger partial charge is 0.246 e. The van der Waals surface area contributed by atoms with Crippen molar-refractivity contribution in [2.45, 2.75) is 19.8 Å². The largest absolute Gasteiger partial charge is 0.330 e. The molecule has 3 rings (SSSR count). The van der Waals surface area contributed by atoms with Gasteiger partial charge in [-0.3, -0.25) is 14.5 Å². The average Bonchev–Trinajstić information content (AvgIpc) is 3.01. The lowest BCUT2D eigenvalue weighted by molar-refractivity contribution is -0.137. The van der Waals surface area contributed by atoms with Gasteiger partial charge >= 0.3 is 0 Å². The van der Waals surface area contributed by atoms with Gasteiger partial charge in [0.15, 0.2) is 0 Å². The quantitative estimate of drug-likeness (QED) is 0.844. The summed E-state index contributed by atoms with van der Waals surface area (Å²) in [4.78, 5) is 30.4. The molecule has 0 saturated carbocycles. The van der Waals surface area contributed by atoms with E-state index in [0.717, 1.165) is 24.3 Å². The zero-order valence-corrected chi connectivity index (χ0v) is 13.1. The molecule has 2 heterocycles. The van der Waals surface area contributed by atoms with Crippen LogP contribution in [0.15, 0.2) is 24.3 Å². The van der Waals surface area contributed by atoms with Gasteiger partial charge in [-0.2, -0.15) is 0 Å². The summed E-state index contributed by atoms with van der Waals surface area (Å²) < 4.78 is 0. The van der Waals surface area contributed by atoms with Gasteiger partial charge in [0.2, 0.25) is 11.8 Å². The van der Waals surface area contributed by atoms with E-state index in [4.69, 9.17) is 0 Å². The van der Waals surface area contributed by atoms with E-state index >= 15 is 0 Å². The number of hydrogen-bond acceptors (Lipinski definition) is 3. The minimum absolute atomic E-state index is 0.00956. The highest BCUT2D eigenvalue weighted by Gasteiger charge is 2.29. The predicted octanol–water partition coefficient (Wildman–Crippen LogP) is 1.27. The molecule has 0 aromatic heterocycles. The van der Waals surface area contributed by atoms with Gasteiger partial charge in [0, 0.05) is 18.8 Å². The minimum Gasteiger partial charge on any atom is -0.330 e. The second kappa shape index (κ2) is 6.48. The van der Waals surface area contributed by atoms with E-state index in [1.165, 1.54) is 12.8 Å². The lowest BCUT2D eigenvalue weighted by Gasteiger charge is -2.35. The molecule has 0 radical (unpaired) electrons. The summed E-state index contributed by atoms with van der Waals surface area (Å²) in [6, 6.07) is 7.89. The molecule has 2 aliphatic heterocycles. The molecule has 0 N–H and O–H groups in total. The molecule has 2 saturated heterocycles. The van der Waals surface area contributed by atoms with Crippen molar-refractivity contribution in [3.8, 4) is 0 Å². The number of likely N-dealkylation sites (tertiary alicyclic amines) is 1. The Morgan fingerprint density at radius 3 is 2.50 bits per heavy atom. The van der Waals surface area contributed by atoms with Gasteiger partial charge in [-0.05, 0) is 44.5 Å². The van der Waals surface area contributed by atoms with Gasteiger partial charge < -0.3 is 9.80 Å². The number of carbonyl (C=O) groups excluding carboxylic acids is 2. The molecule has 2 aliphatic rings. The highest BCUT2D eigenvalue weighted by Crippen LogP contribution is 2.21. The summed E-state index contributed by atoms with van der Waals surface area (Å²) in [7, 11) is 0. The highest BCUT2D eigenvalue weighted by molar-refractivity contribution is 5.98. The van der Waals surface area contributed by atoms with Crippen LogP contribution in [-0.4, -0.2) is 60.9 Å². The van der Waals surface area contributed by atoms with Gasteiger partial charge in [0.25, 0.3) is 0 Å². The summed E-state index contributed by atoms with van der Waals surface area (Å²) in [6.07, 6.45) is 2.35. The maximum atomic E-state index is 12.4. The van der Waals surface area contributed by atoms with E-state index in [0.29, 0.717) is 19.6 Å². The number of para-hydroxylation sites is 1. The first-order valence-corrected chi connectivity index (χ1v) is 8.01. The third-order valence-electron chi connectivity index (χ3n) is 4.54. The standard InChI is InChI=1S/C17H23N3O2/c1-14-6-2-3-7-15(14)20-11-10-19(13-17(20)22)16(21)12-18-8-4-5-9-18/h2-3,6-7H,4-5,8-13H2,1H3. The molecular weight excluding hydrogens is 278 g/mol. The zero-order valence-electron chi connectivity index (χ0n) is 13.1. The maximum Gasteiger partial charge on any atom is 0.246 e. The maximum absolute atomic E-state index is 12.4. The van der Waals surface area contributed by atoms with E-state index in [9.17, 15) is 9.59 Å². The molecule has 0 spiro atoms. The molecule has 1 aromatic rings. The topological polar surface area (TPSA) is 43.9 Å². The number of hydrogen-bond donors (Lipinski definition) is 0. The Morgan fingerprint density at radius 1 is 1.09 bits per heavy atom. The normalized spacial score (nSPS) is 19.8. The van der Waals surface area contributed by atoms with E-state index in [-0.39, 0.29) is 18.4 Å². The lowest BCUT2D eigenvalue weighted by Crippen LogP contribution is -2.54. The molecule has 0 bridgehead atoms. The third kappa shape index (κ3) is 3.14. The summed E-state index contributed by atoms with van der Waals surface area (Å²) >= 11 is 0. The molecule has 0 atom stereocenters. The average molecular weight is 301 g/mol. The van der Waals surface area contributed by atoms with Gasteiger partial charge in [-0.25, -0.2) is 0 Å². The molecule has 0 unspecified atom stereocenters. The Morgan fingerprint density at radius 2 is 1.82 bits per heavy atom. The van der Waals surface area contributed by atoms with Crippen LogP contribution in [0.3, 0.4) is 0 Å². The van der Waals surface area contributed by atoms with E-state index in [1.54, 1.807) is 9.80 Å². The monoisotopic (exact) mass is 301 g/mol. The molecule has 5 heteroatoms. The first kappa shape index (κ1) is 15.0. The number of anilines is 1. The molecule has 2 fully saturated rings. The summed E-state index contributed by atoms with van der Waals surface area (Å²) in [6.45, 7) is 5.86. The SMILES string of the molecule is Cc1ccccc1N1CCN(C(=O)CN2CCCC2)CC1=O. The van der Waals surface area contributed by atoms with Gasteiger partial charge in [-0.15, -0.1) is 0 Å². The van der Waals surface area contributed by atoms with E-state index in [1.807, 2.05) is 31.2 Å². The molecule has 118 valence electrons. The zero-order chi connectivity index (χ0) is 15.5. The van der Waals surface area contributed by atoms with Crippen molar-refractivity contribution in [1.29, 1.82) is 0 Å². The van der Waals surface area contributed by atoms with Crippen LogP contribution < -0.4 is 4.90 Å². The Kier molecular flexibility index (Phi) is 4.43. The third-order valence-corrected chi connectivity index (χ3v) is 4.54. The van der Waals surface area contributed by atoms with Gasteiger partial charge in [0.1, 0.15) is 6.54 Å². The Hall–Kier alpha value is -1.88. The van der Waals surface area contributed by atoms with Crippen LogP contribution in [0.5, 0.6) is 0 Å². The van der Waals surface area contributed by atoms with E-state index < -0.39 is 0 Å². The highest BCUT2D eigenvalue weighted by atomic mass is 16.2. The minimum atomic E-state index is 0.00956. The molecule has 0 aliphatic carbocycles. The second-order valence-corrected chi connectivity index (χ2v) is 6.13. The van der Waals surface area contributed by atoms with Crippen LogP contribution in [0.4, 0.5) is 5.69 Å². The first-order chi connectivity index (χ1) is 10.6. The van der Waals surface area contributed by atoms with Gasteiger partial charge in [-0.1, -0.05) is 18.2 Å². The van der Waals surface area contributed by atoms with Crippen LogP contribution in [0, 0.1) is 6.92 Å². The fraction of sp³-hybridized carbons (Fsp3) is 0.529. The lowest BCUT2D eigenvalue weighted by atomic mass is 10.1. The number of benzene rings is 1. The molecular formula is C17H23N3O2. The van der Waals surface area contributed by atoms with Crippen molar-refractivity contribution in [3.05, 3.63) is 29.8 Å². The van der Waals surface area contributed by atoms with Crippen molar-refractivity contribution >= 4 is 17.5 Å². The number of nitrogens with zero attached hydrogens (tertiary/aromatic N) is 3. The van der Waals surface area contributed by atoms with Gasteiger partial charge in [0.05, 0.1) is 6.54 Å². The summed E-state index contributed by atoms with van der Waals surface area (Å²) in [5.74, 6) is 0.0926. The number of aryl methyl sites for hydroxylation is 1. The first-order valence-electron chi connectivity index (χ1n) is 8.01. The van der Waals surface area contributed by atoms with Crippen LogP contribution in [0.2, 0.25) is 0 Å². The second-order valence-electron chi connectivity index (χ2n) is 6.13. The fourth-order valence-electron chi connectivity index (χ4n) is 3.24. The molecule has 22 heavy (non-hydrogen) atoms. The molecule has 5 nitrogen and oxygen atoms in total. The predicted molar refractivity (Wildman–Crippen MR) is 85.8 cm³/mol. The summed E-state index contributed by atoms with van der Waals surface area (Å²) in [5.41, 5.74) is 2.05. The number of rotatable bonds is 3. The number of carbonyl (C=O) groups is 2. The van der Waals surface area contributed by atoms with Crippen molar-refractivity contribution in [2.24, 2.45) is 0 Å². The number of amides is 2. The van der Waals surface area contributed by atoms with Crippen LogP contribution >= 0.6 is 0 Å². The van der Waals surface area contributed by atoms with Crippen LogP contribution in [-0.2, 0) is 9.59 Å². The van der Waals surface area contributed by atoms with Crippen molar-refractivity contribution in [1.82, 2.24) is 9.80 Å². The van der Waals surface area contributed by atoms with Crippen molar-refractivity contribution < 1.29 is 9.59 Å². The van der Waals surface area contributed by atoms with Crippen molar-refractivity contribution in [2.75, 3.05) is 44.2 Å². The molecule has 1 aromatic carbocycles. The Bertz CT molecular complexity index is 567. The Balaban J connectivity index is 1.61. The van der Waals surface area contributed by atoms with Crippen molar-refractivity contribution in [3.63, 3.8) is 0 Å². The Labute approximate surface area is 131 Å². The fourth-order valence-corrected chi connectivity index (χ4v) is 3.24. The van der Waals surface area contributed by atoms with E-state index in [2.05, 4.69) is 4.90 Å². The van der Waals surface area contributed by atoms with Crippen LogP contribution in [0.1, 0.15) is 18.4 Å².